The number of carbonyl (C=O) groups is 2. The molecule has 0 saturated heterocycles. The molecule has 1 heterocycles. The van der Waals surface area contributed by atoms with E-state index in [1.165, 1.54) is 11.8 Å². The average Bonchev–Trinajstić information content (AvgIpc) is 3.24. The molecular formula is C23H27N5O4S. The van der Waals surface area contributed by atoms with Crippen molar-refractivity contribution in [2.24, 2.45) is 0 Å². The second-order valence-electron chi connectivity index (χ2n) is 6.94. The number of amides is 2. The highest BCUT2D eigenvalue weighted by atomic mass is 32.2. The van der Waals surface area contributed by atoms with E-state index in [1.54, 1.807) is 62.8 Å². The van der Waals surface area contributed by atoms with Gasteiger partial charge in [0, 0.05) is 30.8 Å². The summed E-state index contributed by atoms with van der Waals surface area (Å²) in [6, 6.07) is 14.1. The van der Waals surface area contributed by atoms with Crippen LogP contribution >= 0.6 is 11.8 Å². The zero-order valence-corrected chi connectivity index (χ0v) is 19.6. The molecule has 1 aromatic heterocycles. The van der Waals surface area contributed by atoms with Crippen molar-refractivity contribution in [3.8, 4) is 11.5 Å². The summed E-state index contributed by atoms with van der Waals surface area (Å²) in [6.07, 6.45) is 0.529. The maximum Gasteiger partial charge on any atom is 0.251 e. The molecule has 0 saturated carbocycles. The van der Waals surface area contributed by atoms with Crippen LogP contribution in [-0.2, 0) is 17.8 Å². The van der Waals surface area contributed by atoms with Crippen molar-refractivity contribution in [1.82, 2.24) is 20.1 Å². The van der Waals surface area contributed by atoms with Crippen molar-refractivity contribution >= 4 is 29.3 Å². The molecule has 2 aromatic carbocycles. The fraction of sp³-hybridized carbons (Fsp3) is 0.304. The molecule has 2 N–H and O–H groups in total. The Labute approximate surface area is 196 Å². The summed E-state index contributed by atoms with van der Waals surface area (Å²) in [7, 11) is 3.18. The first kappa shape index (κ1) is 24.1. The van der Waals surface area contributed by atoms with E-state index in [-0.39, 0.29) is 17.6 Å². The summed E-state index contributed by atoms with van der Waals surface area (Å²) in [5, 5.41) is 14.9. The molecule has 174 valence electrons. The van der Waals surface area contributed by atoms with Crippen molar-refractivity contribution in [2.45, 2.75) is 25.0 Å². The zero-order chi connectivity index (χ0) is 23.6. The predicted octanol–water partition coefficient (Wildman–Crippen LogP) is 3.02. The van der Waals surface area contributed by atoms with Crippen molar-refractivity contribution in [1.29, 1.82) is 0 Å². The first-order chi connectivity index (χ1) is 16.0. The van der Waals surface area contributed by atoms with E-state index < -0.39 is 0 Å². The molecule has 0 spiro atoms. The number of hydrogen-bond acceptors (Lipinski definition) is 7. The Kier molecular flexibility index (Phi) is 8.71. The Morgan fingerprint density at radius 1 is 0.970 bits per heavy atom. The van der Waals surface area contributed by atoms with Gasteiger partial charge in [-0.2, -0.15) is 0 Å². The van der Waals surface area contributed by atoms with Crippen LogP contribution in [0.5, 0.6) is 11.5 Å². The van der Waals surface area contributed by atoms with E-state index in [0.717, 1.165) is 11.6 Å². The van der Waals surface area contributed by atoms with E-state index >= 15 is 0 Å². The molecule has 2 amide bonds. The second-order valence-corrected chi connectivity index (χ2v) is 7.89. The van der Waals surface area contributed by atoms with Crippen LogP contribution < -0.4 is 20.1 Å². The summed E-state index contributed by atoms with van der Waals surface area (Å²) in [5.74, 6) is 2.09. The highest BCUT2D eigenvalue weighted by Crippen LogP contribution is 2.19. The lowest BCUT2D eigenvalue weighted by molar-refractivity contribution is -0.113. The molecule has 0 unspecified atom stereocenters. The molecule has 10 heteroatoms. The van der Waals surface area contributed by atoms with Crippen LogP contribution in [0.15, 0.2) is 53.7 Å². The standard InChI is InChI=1S/C23H27N5O4S/c1-4-28-20(13-14-24-22(30)16-5-9-18(31-2)10-6-16)26-27-23(28)33-15-21(29)25-17-7-11-19(32-3)12-8-17/h5-12H,4,13-15H2,1-3H3,(H,24,30)(H,25,29). The van der Waals surface area contributed by atoms with Gasteiger partial charge in [0.2, 0.25) is 5.91 Å². The summed E-state index contributed by atoms with van der Waals surface area (Å²) < 4.78 is 12.2. The third-order valence-corrected chi connectivity index (χ3v) is 5.77. The van der Waals surface area contributed by atoms with Gasteiger partial charge in [-0.15, -0.1) is 10.2 Å². The number of carbonyl (C=O) groups excluding carboxylic acids is 2. The lowest BCUT2D eigenvalue weighted by Gasteiger charge is -2.09. The van der Waals surface area contributed by atoms with E-state index in [9.17, 15) is 9.59 Å². The quantitative estimate of drug-likeness (QED) is 0.416. The summed E-state index contributed by atoms with van der Waals surface area (Å²) in [4.78, 5) is 24.6. The number of thioether (sulfide) groups is 1. The van der Waals surface area contributed by atoms with Gasteiger partial charge in [0.25, 0.3) is 5.91 Å². The fourth-order valence-electron chi connectivity index (χ4n) is 3.06. The van der Waals surface area contributed by atoms with Gasteiger partial charge in [0.1, 0.15) is 17.3 Å². The first-order valence-electron chi connectivity index (χ1n) is 10.4. The molecule has 3 aromatic rings. The van der Waals surface area contributed by atoms with Gasteiger partial charge in [-0.3, -0.25) is 9.59 Å². The largest absolute Gasteiger partial charge is 0.497 e. The molecule has 0 atom stereocenters. The molecule has 33 heavy (non-hydrogen) atoms. The third kappa shape index (κ3) is 6.72. The van der Waals surface area contributed by atoms with E-state index in [2.05, 4.69) is 20.8 Å². The van der Waals surface area contributed by atoms with Crippen LogP contribution in [0.3, 0.4) is 0 Å². The number of benzene rings is 2. The third-order valence-electron chi connectivity index (χ3n) is 4.80. The maximum absolute atomic E-state index is 12.3. The number of hydrogen-bond donors (Lipinski definition) is 2. The Bertz CT molecular complexity index is 1070. The van der Waals surface area contributed by atoms with Gasteiger partial charge < -0.3 is 24.7 Å². The number of anilines is 1. The van der Waals surface area contributed by atoms with Gasteiger partial charge in [0.15, 0.2) is 5.16 Å². The predicted molar refractivity (Wildman–Crippen MR) is 127 cm³/mol. The average molecular weight is 470 g/mol. The van der Waals surface area contributed by atoms with Crippen molar-refractivity contribution < 1.29 is 19.1 Å². The fourth-order valence-corrected chi connectivity index (χ4v) is 3.88. The van der Waals surface area contributed by atoms with Gasteiger partial charge in [-0.05, 0) is 55.5 Å². The Hall–Kier alpha value is -3.53. The van der Waals surface area contributed by atoms with Gasteiger partial charge in [-0.1, -0.05) is 11.8 Å². The molecule has 9 nitrogen and oxygen atoms in total. The number of methoxy groups -OCH3 is 2. The first-order valence-corrected chi connectivity index (χ1v) is 11.4. The minimum Gasteiger partial charge on any atom is -0.497 e. The van der Waals surface area contributed by atoms with Crippen molar-refractivity contribution in [3.63, 3.8) is 0 Å². The number of nitrogens with one attached hydrogen (secondary N) is 2. The van der Waals surface area contributed by atoms with Gasteiger partial charge >= 0.3 is 0 Å². The highest BCUT2D eigenvalue weighted by Gasteiger charge is 2.14. The maximum atomic E-state index is 12.3. The monoisotopic (exact) mass is 469 g/mol. The number of rotatable bonds is 11. The number of aromatic nitrogens is 3. The molecule has 0 aliphatic heterocycles. The number of nitrogens with zero attached hydrogens (tertiary/aromatic N) is 3. The summed E-state index contributed by atoms with van der Waals surface area (Å²) in [5.41, 5.74) is 1.26. The smallest absolute Gasteiger partial charge is 0.251 e. The van der Waals surface area contributed by atoms with Crippen LogP contribution in [0.1, 0.15) is 23.1 Å². The molecule has 0 fully saturated rings. The zero-order valence-electron chi connectivity index (χ0n) is 18.8. The minimum absolute atomic E-state index is 0.135. The molecule has 0 aliphatic carbocycles. The summed E-state index contributed by atoms with van der Waals surface area (Å²) >= 11 is 1.32. The normalized spacial score (nSPS) is 10.5. The van der Waals surface area contributed by atoms with Gasteiger partial charge in [0.05, 0.1) is 20.0 Å². The molecule has 0 radical (unpaired) electrons. The number of ether oxygens (including phenoxy) is 2. The molecular weight excluding hydrogens is 442 g/mol. The summed E-state index contributed by atoms with van der Waals surface area (Å²) in [6.45, 7) is 3.08. The van der Waals surface area contributed by atoms with Crippen LogP contribution in [0, 0.1) is 0 Å². The minimum atomic E-state index is -0.162. The molecule has 0 bridgehead atoms. The van der Waals surface area contributed by atoms with Crippen LogP contribution in [0.4, 0.5) is 5.69 Å². The van der Waals surface area contributed by atoms with Crippen LogP contribution in [0.25, 0.3) is 0 Å². The topological polar surface area (TPSA) is 107 Å². The molecule has 0 aliphatic rings. The Morgan fingerprint density at radius 3 is 2.21 bits per heavy atom. The van der Waals surface area contributed by atoms with Gasteiger partial charge in [-0.25, -0.2) is 0 Å². The lowest BCUT2D eigenvalue weighted by atomic mass is 10.2. The SMILES string of the molecule is CCn1c(CCNC(=O)c2ccc(OC)cc2)nnc1SCC(=O)Nc1ccc(OC)cc1. The van der Waals surface area contributed by atoms with E-state index in [4.69, 9.17) is 9.47 Å². The van der Waals surface area contributed by atoms with Crippen LogP contribution in [-0.4, -0.2) is 53.1 Å². The Balaban J connectivity index is 1.49. The van der Waals surface area contributed by atoms with Crippen molar-refractivity contribution in [3.05, 3.63) is 59.9 Å². The van der Waals surface area contributed by atoms with E-state index in [0.29, 0.717) is 41.7 Å². The van der Waals surface area contributed by atoms with Crippen molar-refractivity contribution in [2.75, 3.05) is 31.8 Å². The Morgan fingerprint density at radius 2 is 1.61 bits per heavy atom. The molecule has 3 rings (SSSR count). The lowest BCUT2D eigenvalue weighted by Crippen LogP contribution is -2.26. The van der Waals surface area contributed by atoms with Crippen LogP contribution in [0.2, 0.25) is 0 Å². The highest BCUT2D eigenvalue weighted by molar-refractivity contribution is 7.99. The second kappa shape index (κ2) is 11.9. The van der Waals surface area contributed by atoms with E-state index in [1.807, 2.05) is 11.5 Å².